The molecule has 0 aromatic heterocycles. The molecule has 0 aromatic carbocycles. The molecule has 0 atom stereocenters. The van der Waals surface area contributed by atoms with Crippen molar-refractivity contribution in [1.82, 2.24) is 4.90 Å². The van der Waals surface area contributed by atoms with Gasteiger partial charge < -0.3 is 14.4 Å². The minimum atomic E-state index is -0.424. The van der Waals surface area contributed by atoms with Crippen LogP contribution in [-0.4, -0.2) is 43.9 Å². The molecule has 0 spiro atoms. The maximum Gasteiger partial charge on any atom is 0.410 e. The van der Waals surface area contributed by atoms with Crippen LogP contribution in [-0.2, 0) is 9.47 Å². The molecule has 14 heavy (non-hydrogen) atoms. The second-order valence-corrected chi connectivity index (χ2v) is 4.25. The number of carbonyl (C=O) groups is 1. The second-order valence-electron chi connectivity index (χ2n) is 4.25. The van der Waals surface area contributed by atoms with Crippen LogP contribution in [0.1, 0.15) is 27.2 Å². The molecule has 0 aliphatic heterocycles. The summed E-state index contributed by atoms with van der Waals surface area (Å²) in [6.07, 6.45) is 0.542. The topological polar surface area (TPSA) is 38.8 Å². The summed E-state index contributed by atoms with van der Waals surface area (Å²) in [5.74, 6) is 0. The van der Waals surface area contributed by atoms with Crippen molar-refractivity contribution in [3.05, 3.63) is 0 Å². The van der Waals surface area contributed by atoms with E-state index in [1.54, 1.807) is 19.1 Å². The molecule has 4 heteroatoms. The van der Waals surface area contributed by atoms with E-state index in [0.29, 0.717) is 13.2 Å². The SMILES string of the molecule is COCCCN(C)C(=O)OC(C)(C)C. The Kier molecular flexibility index (Phi) is 5.53. The Labute approximate surface area is 86.2 Å². The van der Waals surface area contributed by atoms with Gasteiger partial charge in [-0.3, -0.25) is 0 Å². The fraction of sp³-hybridized carbons (Fsp3) is 0.900. The fourth-order valence-electron chi connectivity index (χ4n) is 0.877. The largest absolute Gasteiger partial charge is 0.444 e. The Morgan fingerprint density at radius 1 is 1.36 bits per heavy atom. The van der Waals surface area contributed by atoms with Crippen LogP contribution >= 0.6 is 0 Å². The minimum absolute atomic E-state index is 0.284. The number of carbonyl (C=O) groups excluding carboxylic acids is 1. The van der Waals surface area contributed by atoms with Gasteiger partial charge >= 0.3 is 6.09 Å². The Bertz CT molecular complexity index is 175. The first-order valence-corrected chi connectivity index (χ1v) is 4.80. The molecule has 0 aromatic rings. The maximum absolute atomic E-state index is 11.4. The average molecular weight is 203 g/mol. The minimum Gasteiger partial charge on any atom is -0.444 e. The summed E-state index contributed by atoms with van der Waals surface area (Å²) >= 11 is 0. The third-order valence-corrected chi connectivity index (χ3v) is 1.55. The van der Waals surface area contributed by atoms with E-state index in [4.69, 9.17) is 9.47 Å². The van der Waals surface area contributed by atoms with Gasteiger partial charge in [0.05, 0.1) is 0 Å². The lowest BCUT2D eigenvalue weighted by molar-refractivity contribution is 0.0286. The predicted molar refractivity (Wildman–Crippen MR) is 55.4 cm³/mol. The molecular formula is C10H21NO3. The maximum atomic E-state index is 11.4. The zero-order valence-corrected chi connectivity index (χ0v) is 9.79. The van der Waals surface area contributed by atoms with Gasteiger partial charge in [-0.15, -0.1) is 0 Å². The molecule has 0 N–H and O–H groups in total. The quantitative estimate of drug-likeness (QED) is 0.655. The van der Waals surface area contributed by atoms with Crippen LogP contribution in [0.2, 0.25) is 0 Å². The van der Waals surface area contributed by atoms with Crippen molar-refractivity contribution in [3.63, 3.8) is 0 Å². The lowest BCUT2D eigenvalue weighted by atomic mass is 10.2. The van der Waals surface area contributed by atoms with Gasteiger partial charge in [0.15, 0.2) is 0 Å². The Hall–Kier alpha value is -0.770. The van der Waals surface area contributed by atoms with Gasteiger partial charge in [-0.25, -0.2) is 4.79 Å². The van der Waals surface area contributed by atoms with Gasteiger partial charge in [0, 0.05) is 27.3 Å². The molecule has 1 amide bonds. The molecule has 0 saturated carbocycles. The monoisotopic (exact) mass is 203 g/mol. The smallest absolute Gasteiger partial charge is 0.410 e. The summed E-state index contributed by atoms with van der Waals surface area (Å²) in [5, 5.41) is 0. The number of hydrogen-bond acceptors (Lipinski definition) is 3. The van der Waals surface area contributed by atoms with E-state index in [-0.39, 0.29) is 6.09 Å². The van der Waals surface area contributed by atoms with Crippen LogP contribution in [0.25, 0.3) is 0 Å². The van der Waals surface area contributed by atoms with E-state index in [1.807, 2.05) is 20.8 Å². The molecule has 0 radical (unpaired) electrons. The predicted octanol–water partition coefficient (Wildman–Crippen LogP) is 1.89. The Morgan fingerprint density at radius 2 is 1.93 bits per heavy atom. The molecule has 0 unspecified atom stereocenters. The summed E-state index contributed by atoms with van der Waals surface area (Å²) < 4.78 is 10.1. The molecule has 0 aliphatic carbocycles. The average Bonchev–Trinajstić information content (AvgIpc) is 2.01. The fourth-order valence-corrected chi connectivity index (χ4v) is 0.877. The van der Waals surface area contributed by atoms with Crippen molar-refractivity contribution in [2.45, 2.75) is 32.8 Å². The summed E-state index contributed by atoms with van der Waals surface area (Å²) in [6.45, 7) is 6.88. The van der Waals surface area contributed by atoms with E-state index < -0.39 is 5.60 Å². The molecule has 0 heterocycles. The van der Waals surface area contributed by atoms with Crippen molar-refractivity contribution in [1.29, 1.82) is 0 Å². The van der Waals surface area contributed by atoms with Gasteiger partial charge in [-0.1, -0.05) is 0 Å². The second kappa shape index (κ2) is 5.86. The standard InChI is InChI=1S/C10H21NO3/c1-10(2,3)14-9(12)11(4)7-6-8-13-5/h6-8H2,1-5H3. The van der Waals surface area contributed by atoms with Crippen LogP contribution in [0.15, 0.2) is 0 Å². The summed E-state index contributed by atoms with van der Waals surface area (Å²) in [7, 11) is 3.37. The van der Waals surface area contributed by atoms with E-state index in [1.165, 1.54) is 0 Å². The van der Waals surface area contributed by atoms with Gasteiger partial charge in [0.2, 0.25) is 0 Å². The van der Waals surface area contributed by atoms with E-state index in [9.17, 15) is 4.79 Å². The molecule has 0 aliphatic rings. The Balaban J connectivity index is 3.77. The Morgan fingerprint density at radius 3 is 2.36 bits per heavy atom. The lowest BCUT2D eigenvalue weighted by Gasteiger charge is -2.24. The van der Waals surface area contributed by atoms with Crippen molar-refractivity contribution in [3.8, 4) is 0 Å². The van der Waals surface area contributed by atoms with Crippen molar-refractivity contribution in [2.75, 3.05) is 27.3 Å². The molecule has 84 valence electrons. The summed E-state index contributed by atoms with van der Waals surface area (Å²) in [5.41, 5.74) is -0.424. The van der Waals surface area contributed by atoms with Crippen LogP contribution in [0, 0.1) is 0 Å². The molecular weight excluding hydrogens is 182 g/mol. The summed E-state index contributed by atoms with van der Waals surface area (Å²) in [4.78, 5) is 13.0. The van der Waals surface area contributed by atoms with Crippen LogP contribution in [0.3, 0.4) is 0 Å². The first-order valence-electron chi connectivity index (χ1n) is 4.80. The lowest BCUT2D eigenvalue weighted by Crippen LogP contribution is -2.35. The highest BCUT2D eigenvalue weighted by molar-refractivity contribution is 5.67. The normalized spacial score (nSPS) is 11.2. The molecule has 0 fully saturated rings. The number of amides is 1. The zero-order valence-electron chi connectivity index (χ0n) is 9.79. The number of ether oxygens (including phenoxy) is 2. The number of methoxy groups -OCH3 is 1. The highest BCUT2D eigenvalue weighted by Crippen LogP contribution is 2.08. The summed E-state index contributed by atoms with van der Waals surface area (Å²) in [6, 6.07) is 0. The van der Waals surface area contributed by atoms with E-state index in [0.717, 1.165) is 6.42 Å². The van der Waals surface area contributed by atoms with Crippen LogP contribution in [0.4, 0.5) is 4.79 Å². The van der Waals surface area contributed by atoms with E-state index in [2.05, 4.69) is 0 Å². The first-order chi connectivity index (χ1) is 6.37. The highest BCUT2D eigenvalue weighted by Gasteiger charge is 2.18. The van der Waals surface area contributed by atoms with Crippen molar-refractivity contribution in [2.24, 2.45) is 0 Å². The number of rotatable bonds is 4. The number of hydrogen-bond donors (Lipinski definition) is 0. The highest BCUT2D eigenvalue weighted by atomic mass is 16.6. The third-order valence-electron chi connectivity index (χ3n) is 1.55. The van der Waals surface area contributed by atoms with Gasteiger partial charge in [0.25, 0.3) is 0 Å². The molecule has 4 nitrogen and oxygen atoms in total. The first kappa shape index (κ1) is 13.2. The van der Waals surface area contributed by atoms with Crippen molar-refractivity contribution >= 4 is 6.09 Å². The van der Waals surface area contributed by atoms with Gasteiger partial charge in [0.1, 0.15) is 5.60 Å². The van der Waals surface area contributed by atoms with Crippen LogP contribution in [0.5, 0.6) is 0 Å². The number of nitrogens with zero attached hydrogens (tertiary/aromatic N) is 1. The van der Waals surface area contributed by atoms with Gasteiger partial charge in [-0.2, -0.15) is 0 Å². The van der Waals surface area contributed by atoms with Gasteiger partial charge in [-0.05, 0) is 27.2 Å². The van der Waals surface area contributed by atoms with E-state index >= 15 is 0 Å². The molecule has 0 rings (SSSR count). The molecule has 0 bridgehead atoms. The zero-order chi connectivity index (χ0) is 11.2. The third kappa shape index (κ3) is 6.71. The van der Waals surface area contributed by atoms with Crippen LogP contribution < -0.4 is 0 Å². The molecule has 0 saturated heterocycles. The van der Waals surface area contributed by atoms with Crippen molar-refractivity contribution < 1.29 is 14.3 Å².